The molecule has 6 heteroatoms. The fourth-order valence-corrected chi connectivity index (χ4v) is 1.82. The minimum absolute atomic E-state index is 0.506. The van der Waals surface area contributed by atoms with Gasteiger partial charge in [-0.15, -0.1) is 0 Å². The summed E-state index contributed by atoms with van der Waals surface area (Å²) in [6.07, 6.45) is 1.57. The molecule has 1 aromatic heterocycles. The third-order valence-electron chi connectivity index (χ3n) is 2.34. The van der Waals surface area contributed by atoms with Crippen LogP contribution in [0.5, 0.6) is 0 Å². The van der Waals surface area contributed by atoms with Crippen molar-refractivity contribution in [2.24, 2.45) is 0 Å². The van der Waals surface area contributed by atoms with Gasteiger partial charge in [0.15, 0.2) is 5.82 Å². The van der Waals surface area contributed by atoms with Crippen molar-refractivity contribution in [3.05, 3.63) is 45.5 Å². The lowest BCUT2D eigenvalue weighted by molar-refractivity contribution is 1.08. The highest BCUT2D eigenvalue weighted by atomic mass is 79.9. The summed E-state index contributed by atoms with van der Waals surface area (Å²) < 4.78 is 1.06. The maximum absolute atomic E-state index is 6.02. The second kappa shape index (κ2) is 6.02. The van der Waals surface area contributed by atoms with Crippen LogP contribution in [0.15, 0.2) is 34.9 Å². The van der Waals surface area contributed by atoms with E-state index in [1.807, 2.05) is 24.3 Å². The molecule has 0 unspecified atom stereocenters. The molecule has 0 aliphatic carbocycles. The number of hydrogen-bond donors (Lipinski definition) is 2. The SMILES string of the molecule is CNc1ncc(Cl)c(NCc2ccc(Br)cc2)n1. The van der Waals surface area contributed by atoms with Crippen LogP contribution in [-0.2, 0) is 6.54 Å². The lowest BCUT2D eigenvalue weighted by atomic mass is 10.2. The van der Waals surface area contributed by atoms with E-state index >= 15 is 0 Å². The van der Waals surface area contributed by atoms with Crippen LogP contribution >= 0.6 is 27.5 Å². The second-order valence-corrected chi connectivity index (χ2v) is 4.94. The smallest absolute Gasteiger partial charge is 0.224 e. The number of hydrogen-bond acceptors (Lipinski definition) is 4. The van der Waals surface area contributed by atoms with Crippen LogP contribution < -0.4 is 10.6 Å². The lowest BCUT2D eigenvalue weighted by Crippen LogP contribution is -2.05. The van der Waals surface area contributed by atoms with Gasteiger partial charge in [-0.1, -0.05) is 39.7 Å². The van der Waals surface area contributed by atoms with Gasteiger partial charge in [0, 0.05) is 18.1 Å². The Morgan fingerprint density at radius 1 is 1.28 bits per heavy atom. The lowest BCUT2D eigenvalue weighted by Gasteiger charge is -2.08. The molecule has 0 spiro atoms. The van der Waals surface area contributed by atoms with Crippen LogP contribution in [0, 0.1) is 0 Å². The number of anilines is 2. The summed E-state index contributed by atoms with van der Waals surface area (Å²) in [6, 6.07) is 8.06. The van der Waals surface area contributed by atoms with Crippen molar-refractivity contribution in [1.82, 2.24) is 9.97 Å². The molecule has 0 atom stereocenters. The highest BCUT2D eigenvalue weighted by Gasteiger charge is 2.04. The van der Waals surface area contributed by atoms with Gasteiger partial charge in [0.2, 0.25) is 5.95 Å². The van der Waals surface area contributed by atoms with Gasteiger partial charge < -0.3 is 10.6 Å². The van der Waals surface area contributed by atoms with Crippen molar-refractivity contribution in [3.63, 3.8) is 0 Å². The molecule has 0 bridgehead atoms. The van der Waals surface area contributed by atoms with E-state index in [1.54, 1.807) is 13.2 Å². The summed E-state index contributed by atoms with van der Waals surface area (Å²) in [5.41, 5.74) is 1.15. The summed E-state index contributed by atoms with van der Waals surface area (Å²) in [4.78, 5) is 8.27. The number of nitrogens with zero attached hydrogens (tertiary/aromatic N) is 2. The van der Waals surface area contributed by atoms with Gasteiger partial charge in [-0.2, -0.15) is 4.98 Å². The summed E-state index contributed by atoms with van der Waals surface area (Å²) in [6.45, 7) is 0.660. The number of halogens is 2. The highest BCUT2D eigenvalue weighted by Crippen LogP contribution is 2.20. The zero-order valence-electron chi connectivity index (χ0n) is 9.74. The third-order valence-corrected chi connectivity index (χ3v) is 3.15. The fourth-order valence-electron chi connectivity index (χ4n) is 1.40. The number of nitrogens with one attached hydrogen (secondary N) is 2. The Labute approximate surface area is 119 Å². The summed E-state index contributed by atoms with van der Waals surface area (Å²) in [5, 5.41) is 6.56. The molecular weight excluding hydrogens is 316 g/mol. The molecule has 0 radical (unpaired) electrons. The molecule has 2 N–H and O–H groups in total. The zero-order valence-corrected chi connectivity index (χ0v) is 12.1. The first-order valence-electron chi connectivity index (χ1n) is 5.37. The number of rotatable bonds is 4. The van der Waals surface area contributed by atoms with Crippen molar-refractivity contribution >= 4 is 39.3 Å². The molecule has 2 aromatic rings. The van der Waals surface area contributed by atoms with Crippen molar-refractivity contribution < 1.29 is 0 Å². The fraction of sp³-hybridized carbons (Fsp3) is 0.167. The minimum Gasteiger partial charge on any atom is -0.365 e. The Bertz CT molecular complexity index is 530. The molecule has 18 heavy (non-hydrogen) atoms. The average molecular weight is 328 g/mol. The van der Waals surface area contributed by atoms with Crippen molar-refractivity contribution in [2.45, 2.75) is 6.54 Å². The predicted octanol–water partition coefficient (Wildman–Crippen LogP) is 3.55. The van der Waals surface area contributed by atoms with Crippen LogP contribution in [0.1, 0.15) is 5.56 Å². The average Bonchev–Trinajstić information content (AvgIpc) is 2.40. The Kier molecular flexibility index (Phi) is 4.38. The van der Waals surface area contributed by atoms with E-state index in [-0.39, 0.29) is 0 Å². The molecule has 4 nitrogen and oxygen atoms in total. The van der Waals surface area contributed by atoms with Gasteiger partial charge in [-0.05, 0) is 17.7 Å². The van der Waals surface area contributed by atoms with Gasteiger partial charge in [-0.3, -0.25) is 0 Å². The first kappa shape index (κ1) is 13.1. The topological polar surface area (TPSA) is 49.8 Å². The molecule has 1 aromatic carbocycles. The van der Waals surface area contributed by atoms with Crippen molar-refractivity contribution in [3.8, 4) is 0 Å². The summed E-state index contributed by atoms with van der Waals surface area (Å²) >= 11 is 9.42. The van der Waals surface area contributed by atoms with Crippen LogP contribution in [-0.4, -0.2) is 17.0 Å². The van der Waals surface area contributed by atoms with Gasteiger partial charge >= 0.3 is 0 Å². The Morgan fingerprint density at radius 2 is 2.00 bits per heavy atom. The third kappa shape index (κ3) is 3.34. The first-order valence-corrected chi connectivity index (χ1v) is 6.55. The van der Waals surface area contributed by atoms with Gasteiger partial charge in [0.25, 0.3) is 0 Å². The number of aromatic nitrogens is 2. The summed E-state index contributed by atoms with van der Waals surface area (Å²) in [5.74, 6) is 1.16. The van der Waals surface area contributed by atoms with Gasteiger partial charge in [0.05, 0.1) is 6.20 Å². The van der Waals surface area contributed by atoms with E-state index in [1.165, 1.54) is 0 Å². The van der Waals surface area contributed by atoms with Crippen LogP contribution in [0.3, 0.4) is 0 Å². The van der Waals surface area contributed by atoms with Gasteiger partial charge in [-0.25, -0.2) is 4.98 Å². The number of benzene rings is 1. The second-order valence-electron chi connectivity index (χ2n) is 3.62. The Hall–Kier alpha value is -1.33. The highest BCUT2D eigenvalue weighted by molar-refractivity contribution is 9.10. The quantitative estimate of drug-likeness (QED) is 0.902. The van der Waals surface area contributed by atoms with E-state index in [9.17, 15) is 0 Å². The normalized spacial score (nSPS) is 10.2. The van der Waals surface area contributed by atoms with Crippen LogP contribution in [0.25, 0.3) is 0 Å². The molecule has 94 valence electrons. The molecule has 0 aliphatic rings. The maximum atomic E-state index is 6.02. The molecular formula is C12H12BrClN4. The maximum Gasteiger partial charge on any atom is 0.224 e. The largest absolute Gasteiger partial charge is 0.365 e. The van der Waals surface area contributed by atoms with Crippen LogP contribution in [0.2, 0.25) is 5.02 Å². The molecule has 0 saturated heterocycles. The van der Waals surface area contributed by atoms with Crippen molar-refractivity contribution in [2.75, 3.05) is 17.7 Å². The molecule has 0 aliphatic heterocycles. The van der Waals surface area contributed by atoms with E-state index in [0.29, 0.717) is 23.3 Å². The molecule has 1 heterocycles. The minimum atomic E-state index is 0.506. The molecule has 0 saturated carbocycles. The molecule has 2 rings (SSSR count). The standard InChI is InChI=1S/C12H12BrClN4/c1-15-12-17-7-10(14)11(18-12)16-6-8-2-4-9(13)5-3-8/h2-5,7H,6H2,1H3,(H2,15,16,17,18). The Morgan fingerprint density at radius 3 is 2.67 bits per heavy atom. The van der Waals surface area contributed by atoms with E-state index in [4.69, 9.17) is 11.6 Å². The first-order chi connectivity index (χ1) is 8.69. The summed E-state index contributed by atoms with van der Waals surface area (Å²) in [7, 11) is 1.77. The predicted molar refractivity (Wildman–Crippen MR) is 78.1 cm³/mol. The van der Waals surface area contributed by atoms with E-state index in [2.05, 4.69) is 36.5 Å². The van der Waals surface area contributed by atoms with Crippen LogP contribution in [0.4, 0.5) is 11.8 Å². The monoisotopic (exact) mass is 326 g/mol. The van der Waals surface area contributed by atoms with E-state index in [0.717, 1.165) is 10.0 Å². The van der Waals surface area contributed by atoms with Gasteiger partial charge in [0.1, 0.15) is 5.02 Å². The zero-order chi connectivity index (χ0) is 13.0. The molecule has 0 amide bonds. The van der Waals surface area contributed by atoms with E-state index < -0.39 is 0 Å². The van der Waals surface area contributed by atoms with Crippen molar-refractivity contribution in [1.29, 1.82) is 0 Å². The Balaban J connectivity index is 2.07. The molecule has 0 fully saturated rings.